The van der Waals surface area contributed by atoms with E-state index in [9.17, 15) is 19.1 Å². The predicted octanol–water partition coefficient (Wildman–Crippen LogP) is 6.30. The molecule has 0 bridgehead atoms. The number of carboxylic acid groups (broad SMARTS) is 1. The first-order chi connectivity index (χ1) is 16.7. The van der Waals surface area contributed by atoms with E-state index in [1.165, 1.54) is 12.1 Å². The molecule has 11 heteroatoms. The molecule has 0 aliphatic carbocycles. The average molecular weight is 559 g/mol. The number of carbonyl (C=O) groups excluding carboxylic acids is 1. The van der Waals surface area contributed by atoms with Crippen molar-refractivity contribution in [2.24, 2.45) is 0 Å². The third-order valence-electron chi connectivity index (χ3n) is 5.26. The number of fused-ring (bicyclic) bond motifs is 1. The highest BCUT2D eigenvalue weighted by Gasteiger charge is 2.29. The van der Waals surface area contributed by atoms with Crippen LogP contribution in [-0.2, 0) is 11.2 Å². The van der Waals surface area contributed by atoms with Gasteiger partial charge in [-0.3, -0.25) is 4.79 Å². The molecule has 0 radical (unpaired) electrons. The van der Waals surface area contributed by atoms with E-state index in [0.29, 0.717) is 16.7 Å². The Hall–Kier alpha value is -2.71. The summed E-state index contributed by atoms with van der Waals surface area (Å²) in [5, 5.41) is 12.6. The second-order valence-electron chi connectivity index (χ2n) is 7.54. The van der Waals surface area contributed by atoms with Gasteiger partial charge in [-0.05, 0) is 30.3 Å². The Morgan fingerprint density at radius 1 is 0.943 bits per heavy atom. The van der Waals surface area contributed by atoms with Gasteiger partial charge in [-0.15, -0.1) is 0 Å². The Morgan fingerprint density at radius 2 is 1.54 bits per heavy atom. The molecule has 3 aromatic rings. The number of amides is 1. The van der Waals surface area contributed by atoms with Crippen molar-refractivity contribution in [1.82, 2.24) is 5.32 Å². The molecular formula is C24H16Cl4FNO5. The van der Waals surface area contributed by atoms with Gasteiger partial charge >= 0.3 is 5.97 Å². The van der Waals surface area contributed by atoms with Gasteiger partial charge in [0.15, 0.2) is 11.5 Å². The van der Waals surface area contributed by atoms with Gasteiger partial charge in [-0.25, -0.2) is 9.18 Å². The normalized spacial score (nSPS) is 13.3. The molecule has 35 heavy (non-hydrogen) atoms. The number of hydrogen-bond donors (Lipinski definition) is 2. The molecule has 0 aromatic heterocycles. The van der Waals surface area contributed by atoms with Crippen molar-refractivity contribution in [2.45, 2.75) is 12.5 Å². The summed E-state index contributed by atoms with van der Waals surface area (Å²) in [6.45, 7) is 0.442. The SMILES string of the molecule is O=C(N[C@@H](Cc1ccc(-c2c(Cl)cc(F)cc2Cl)c2c1OCCO2)C(=O)O)c1c(Cl)cccc1Cl. The van der Waals surface area contributed by atoms with Gasteiger partial charge in [-0.1, -0.05) is 58.5 Å². The molecule has 1 aliphatic heterocycles. The molecule has 1 amide bonds. The molecule has 0 saturated heterocycles. The summed E-state index contributed by atoms with van der Waals surface area (Å²) in [4.78, 5) is 24.8. The van der Waals surface area contributed by atoms with E-state index < -0.39 is 23.7 Å². The smallest absolute Gasteiger partial charge is 0.326 e. The molecule has 1 heterocycles. The van der Waals surface area contributed by atoms with Crippen LogP contribution >= 0.6 is 46.4 Å². The number of aliphatic carboxylic acids is 1. The molecule has 1 atom stereocenters. The van der Waals surface area contributed by atoms with Crippen molar-refractivity contribution in [2.75, 3.05) is 13.2 Å². The fourth-order valence-electron chi connectivity index (χ4n) is 3.71. The summed E-state index contributed by atoms with van der Waals surface area (Å²) in [5.41, 5.74) is 1.23. The van der Waals surface area contributed by atoms with Gasteiger partial charge in [0.2, 0.25) is 0 Å². The van der Waals surface area contributed by atoms with Crippen molar-refractivity contribution in [3.8, 4) is 22.6 Å². The molecule has 1 aliphatic rings. The van der Waals surface area contributed by atoms with E-state index in [1.54, 1.807) is 18.2 Å². The van der Waals surface area contributed by atoms with Crippen LogP contribution in [0.25, 0.3) is 11.1 Å². The third kappa shape index (κ3) is 5.28. The fraction of sp³-hybridized carbons (Fsp3) is 0.167. The van der Waals surface area contributed by atoms with Crippen LogP contribution in [0.3, 0.4) is 0 Å². The van der Waals surface area contributed by atoms with Crippen LogP contribution in [0.15, 0.2) is 42.5 Å². The molecular weight excluding hydrogens is 543 g/mol. The zero-order chi connectivity index (χ0) is 25.3. The molecule has 2 N–H and O–H groups in total. The van der Waals surface area contributed by atoms with E-state index in [2.05, 4.69) is 5.32 Å². The van der Waals surface area contributed by atoms with E-state index in [4.69, 9.17) is 55.9 Å². The highest BCUT2D eigenvalue weighted by atomic mass is 35.5. The topological polar surface area (TPSA) is 84.9 Å². The summed E-state index contributed by atoms with van der Waals surface area (Å²) >= 11 is 24.7. The number of nitrogens with one attached hydrogen (secondary N) is 1. The molecule has 3 aromatic carbocycles. The van der Waals surface area contributed by atoms with Crippen molar-refractivity contribution in [1.29, 1.82) is 0 Å². The Kier molecular flexibility index (Phi) is 7.62. The summed E-state index contributed by atoms with van der Waals surface area (Å²) in [5.74, 6) is -2.04. The maximum atomic E-state index is 13.7. The molecule has 0 unspecified atom stereocenters. The Morgan fingerprint density at radius 3 is 2.14 bits per heavy atom. The maximum absolute atomic E-state index is 13.7. The maximum Gasteiger partial charge on any atom is 0.326 e. The van der Waals surface area contributed by atoms with Gasteiger partial charge in [0.25, 0.3) is 5.91 Å². The average Bonchev–Trinajstić information content (AvgIpc) is 2.79. The Labute approximate surface area is 219 Å². The van der Waals surface area contributed by atoms with E-state index in [1.807, 2.05) is 0 Å². The molecule has 0 saturated carbocycles. The Bertz CT molecular complexity index is 1290. The highest BCUT2D eigenvalue weighted by Crippen LogP contribution is 2.47. The minimum atomic E-state index is -1.34. The van der Waals surface area contributed by atoms with Gasteiger partial charge < -0.3 is 19.9 Å². The molecule has 0 fully saturated rings. The molecule has 4 rings (SSSR count). The van der Waals surface area contributed by atoms with Crippen LogP contribution in [0.2, 0.25) is 20.1 Å². The number of halogens is 5. The monoisotopic (exact) mass is 557 g/mol. The number of benzene rings is 3. The standard InChI is InChI=1S/C24H16Cl4FNO5/c25-14-2-1-3-15(26)20(14)23(31)30-18(24(32)33)8-11-4-5-13(22-21(11)34-6-7-35-22)19-16(27)9-12(29)10-17(19)28/h1-5,9-10,18H,6-8H2,(H,30,31)(H,32,33)/t18-/m0/s1. The van der Waals surface area contributed by atoms with Crippen LogP contribution in [0, 0.1) is 5.82 Å². The van der Waals surface area contributed by atoms with Crippen molar-refractivity contribution in [3.05, 3.63) is 79.5 Å². The lowest BCUT2D eigenvalue weighted by atomic mass is 9.97. The van der Waals surface area contributed by atoms with Crippen LogP contribution < -0.4 is 14.8 Å². The van der Waals surface area contributed by atoms with E-state index in [-0.39, 0.29) is 56.8 Å². The first kappa shape index (κ1) is 25.4. The van der Waals surface area contributed by atoms with Gasteiger partial charge in [0, 0.05) is 23.1 Å². The summed E-state index contributed by atoms with van der Waals surface area (Å²) in [7, 11) is 0. The minimum absolute atomic E-state index is 0.0281. The zero-order valence-corrected chi connectivity index (χ0v) is 20.7. The third-order valence-corrected chi connectivity index (χ3v) is 6.49. The minimum Gasteiger partial charge on any atom is -0.486 e. The summed E-state index contributed by atoms with van der Waals surface area (Å²) < 4.78 is 25.3. The number of carboxylic acids is 1. The van der Waals surface area contributed by atoms with E-state index in [0.717, 1.165) is 12.1 Å². The quantitative estimate of drug-likeness (QED) is 0.370. The second kappa shape index (κ2) is 10.5. The van der Waals surface area contributed by atoms with Gasteiger partial charge in [0.05, 0.1) is 25.7 Å². The molecule has 182 valence electrons. The molecule has 6 nitrogen and oxygen atoms in total. The first-order valence-electron chi connectivity index (χ1n) is 10.2. The van der Waals surface area contributed by atoms with Crippen LogP contribution in [-0.4, -0.2) is 36.2 Å². The summed E-state index contributed by atoms with van der Waals surface area (Å²) in [6, 6.07) is 8.68. The Balaban J connectivity index is 1.69. The summed E-state index contributed by atoms with van der Waals surface area (Å²) in [6.07, 6.45) is -0.139. The largest absolute Gasteiger partial charge is 0.486 e. The van der Waals surface area contributed by atoms with Crippen LogP contribution in [0.4, 0.5) is 4.39 Å². The van der Waals surface area contributed by atoms with Crippen LogP contribution in [0.1, 0.15) is 15.9 Å². The number of carbonyl (C=O) groups is 2. The number of hydrogen-bond acceptors (Lipinski definition) is 4. The number of ether oxygens (including phenoxy) is 2. The molecule has 0 spiro atoms. The van der Waals surface area contributed by atoms with Crippen LogP contribution in [0.5, 0.6) is 11.5 Å². The van der Waals surface area contributed by atoms with Gasteiger partial charge in [0.1, 0.15) is 25.1 Å². The lowest BCUT2D eigenvalue weighted by Crippen LogP contribution is -2.42. The van der Waals surface area contributed by atoms with Crippen molar-refractivity contribution < 1.29 is 28.6 Å². The van der Waals surface area contributed by atoms with Crippen molar-refractivity contribution >= 4 is 58.3 Å². The fourth-order valence-corrected chi connectivity index (χ4v) is 4.95. The van der Waals surface area contributed by atoms with Crippen molar-refractivity contribution in [3.63, 3.8) is 0 Å². The lowest BCUT2D eigenvalue weighted by Gasteiger charge is -2.25. The zero-order valence-electron chi connectivity index (χ0n) is 17.7. The second-order valence-corrected chi connectivity index (χ2v) is 9.17. The van der Waals surface area contributed by atoms with Gasteiger partial charge in [-0.2, -0.15) is 0 Å². The first-order valence-corrected chi connectivity index (χ1v) is 11.7. The van der Waals surface area contributed by atoms with E-state index >= 15 is 0 Å². The predicted molar refractivity (Wildman–Crippen MR) is 132 cm³/mol. The highest BCUT2D eigenvalue weighted by molar-refractivity contribution is 6.40. The number of rotatable bonds is 6. The lowest BCUT2D eigenvalue weighted by molar-refractivity contribution is -0.139.